The first-order chi connectivity index (χ1) is 14.3. The van der Waals surface area contributed by atoms with Crippen molar-refractivity contribution in [3.63, 3.8) is 0 Å². The number of amides is 1. The lowest BCUT2D eigenvalue weighted by atomic mass is 9.94. The van der Waals surface area contributed by atoms with E-state index in [2.05, 4.69) is 4.90 Å². The molecule has 2 heterocycles. The van der Waals surface area contributed by atoms with E-state index >= 15 is 0 Å². The predicted octanol–water partition coefficient (Wildman–Crippen LogP) is 1.43. The molecule has 1 unspecified atom stereocenters. The minimum atomic E-state index is -3.84. The number of benzene rings is 1. The second kappa shape index (κ2) is 9.45. The number of hydrogen-bond donors (Lipinski definition) is 0. The molecule has 9 heteroatoms. The first kappa shape index (κ1) is 22.7. The number of carbonyl (C=O) groups is 2. The molecular weight excluding hydrogens is 406 g/mol. The number of ether oxygens (including phenoxy) is 1. The summed E-state index contributed by atoms with van der Waals surface area (Å²) in [7, 11) is 1.46. The number of hydrogen-bond acceptors (Lipinski definition) is 6. The van der Waals surface area contributed by atoms with Gasteiger partial charge in [-0.05, 0) is 51.9 Å². The Kier molecular flexibility index (Phi) is 7.15. The molecule has 0 radical (unpaired) electrons. The van der Waals surface area contributed by atoms with Crippen molar-refractivity contribution in [1.29, 1.82) is 0 Å². The predicted molar refractivity (Wildman–Crippen MR) is 113 cm³/mol. The van der Waals surface area contributed by atoms with Gasteiger partial charge >= 0.3 is 5.97 Å². The molecule has 0 bridgehead atoms. The van der Waals surface area contributed by atoms with Crippen LogP contribution in [0, 0.1) is 5.92 Å². The molecule has 166 valence electrons. The fourth-order valence-electron chi connectivity index (χ4n) is 4.29. The van der Waals surface area contributed by atoms with Gasteiger partial charge in [-0.3, -0.25) is 4.79 Å². The molecule has 3 rings (SSSR count). The Morgan fingerprint density at radius 2 is 1.73 bits per heavy atom. The van der Waals surface area contributed by atoms with Crippen molar-refractivity contribution in [3.05, 3.63) is 29.8 Å². The van der Waals surface area contributed by atoms with Crippen molar-refractivity contribution in [3.8, 4) is 0 Å². The fourth-order valence-corrected chi connectivity index (χ4v) is 5.94. The molecule has 0 aliphatic carbocycles. The summed E-state index contributed by atoms with van der Waals surface area (Å²) >= 11 is 0. The summed E-state index contributed by atoms with van der Waals surface area (Å²) in [5, 5.41) is 0. The van der Waals surface area contributed by atoms with Crippen LogP contribution in [0.25, 0.3) is 0 Å². The number of rotatable bonds is 5. The number of carbonyl (C=O) groups excluding carboxylic acids is 2. The summed E-state index contributed by atoms with van der Waals surface area (Å²) in [5.41, 5.74) is 0.0289. The van der Waals surface area contributed by atoms with Crippen LogP contribution in [0.1, 0.15) is 36.0 Å². The van der Waals surface area contributed by atoms with Gasteiger partial charge in [0, 0.05) is 38.1 Å². The van der Waals surface area contributed by atoms with Gasteiger partial charge in [-0.1, -0.05) is 12.1 Å². The maximum Gasteiger partial charge on any atom is 0.339 e. The first-order valence-electron chi connectivity index (χ1n) is 10.4. The quantitative estimate of drug-likeness (QED) is 0.648. The van der Waals surface area contributed by atoms with Crippen molar-refractivity contribution in [2.75, 3.05) is 47.4 Å². The van der Waals surface area contributed by atoms with E-state index in [1.165, 1.54) is 23.5 Å². The minimum absolute atomic E-state index is 0.0289. The topological polar surface area (TPSA) is 87.2 Å². The van der Waals surface area contributed by atoms with Gasteiger partial charge in [0.25, 0.3) is 0 Å². The third kappa shape index (κ3) is 4.68. The van der Waals surface area contributed by atoms with Crippen LogP contribution in [-0.2, 0) is 19.6 Å². The van der Waals surface area contributed by atoms with Crippen LogP contribution in [0.3, 0.4) is 0 Å². The van der Waals surface area contributed by atoms with E-state index in [9.17, 15) is 18.0 Å². The van der Waals surface area contributed by atoms with E-state index < -0.39 is 16.0 Å². The number of likely N-dealkylation sites (N-methyl/N-ethyl adjacent to an activating group) is 1. The summed E-state index contributed by atoms with van der Waals surface area (Å²) < 4.78 is 32.4. The smallest absolute Gasteiger partial charge is 0.339 e. The number of methoxy groups -OCH3 is 1. The molecule has 8 nitrogen and oxygen atoms in total. The van der Waals surface area contributed by atoms with Gasteiger partial charge in [-0.25, -0.2) is 13.2 Å². The van der Waals surface area contributed by atoms with Crippen LogP contribution in [0.15, 0.2) is 29.2 Å². The molecule has 2 aliphatic rings. The highest BCUT2D eigenvalue weighted by molar-refractivity contribution is 7.89. The lowest BCUT2D eigenvalue weighted by Crippen LogP contribution is -2.51. The number of esters is 1. The van der Waals surface area contributed by atoms with Gasteiger partial charge in [0.15, 0.2) is 0 Å². The lowest BCUT2D eigenvalue weighted by Gasteiger charge is -2.39. The maximum atomic E-state index is 13.1. The molecule has 0 N–H and O–H groups in total. The Bertz CT molecular complexity index is 878. The molecule has 1 aromatic carbocycles. The van der Waals surface area contributed by atoms with Crippen LogP contribution < -0.4 is 0 Å². The van der Waals surface area contributed by atoms with Crippen LogP contribution in [0.5, 0.6) is 0 Å². The third-order valence-corrected chi connectivity index (χ3v) is 8.11. The minimum Gasteiger partial charge on any atom is -0.465 e. The molecule has 2 aliphatic heterocycles. The van der Waals surface area contributed by atoms with Gasteiger partial charge in [0.2, 0.25) is 15.9 Å². The van der Waals surface area contributed by atoms with Crippen LogP contribution in [0.2, 0.25) is 0 Å². The van der Waals surface area contributed by atoms with Crippen molar-refractivity contribution in [2.45, 2.75) is 36.6 Å². The average Bonchev–Trinajstić information content (AvgIpc) is 2.78. The summed E-state index contributed by atoms with van der Waals surface area (Å²) in [4.78, 5) is 29.1. The largest absolute Gasteiger partial charge is 0.465 e. The molecular formula is C21H31N3O5S. The van der Waals surface area contributed by atoms with Gasteiger partial charge in [0.1, 0.15) is 0 Å². The molecule has 1 atom stereocenters. The van der Waals surface area contributed by atoms with Crippen LogP contribution in [-0.4, -0.2) is 87.8 Å². The standard InChI is InChI=1S/C21H31N3O5S/c1-22(2)17-7-6-12-23(15-17)20(25)16-10-13-24(14-11-16)30(27,28)19-9-5-4-8-18(19)21(26)29-3/h4-5,8-9,16-17H,6-7,10-15H2,1-3H3. The zero-order valence-electron chi connectivity index (χ0n) is 17.9. The zero-order chi connectivity index (χ0) is 21.9. The Hall–Kier alpha value is -1.97. The number of nitrogens with zero attached hydrogens (tertiary/aromatic N) is 3. The molecule has 2 saturated heterocycles. The van der Waals surface area contributed by atoms with E-state index in [0.29, 0.717) is 18.9 Å². The van der Waals surface area contributed by atoms with Gasteiger partial charge in [0.05, 0.1) is 17.6 Å². The van der Waals surface area contributed by atoms with Crippen molar-refractivity contribution < 1.29 is 22.7 Å². The number of sulfonamides is 1. The molecule has 2 fully saturated rings. The molecule has 30 heavy (non-hydrogen) atoms. The van der Waals surface area contributed by atoms with Crippen molar-refractivity contribution in [2.24, 2.45) is 5.92 Å². The zero-order valence-corrected chi connectivity index (χ0v) is 18.7. The van der Waals surface area contributed by atoms with E-state index in [-0.39, 0.29) is 35.4 Å². The molecule has 1 amide bonds. The Morgan fingerprint density at radius 3 is 2.37 bits per heavy atom. The highest BCUT2D eigenvalue weighted by Crippen LogP contribution is 2.28. The summed E-state index contributed by atoms with van der Waals surface area (Å²) in [5.74, 6) is -0.707. The molecule has 1 aromatic rings. The third-order valence-electron chi connectivity index (χ3n) is 6.15. The van der Waals surface area contributed by atoms with Crippen molar-refractivity contribution >= 4 is 21.9 Å². The fraction of sp³-hybridized carbons (Fsp3) is 0.619. The van der Waals surface area contributed by atoms with Gasteiger partial charge < -0.3 is 14.5 Å². The second-order valence-electron chi connectivity index (χ2n) is 8.21. The Labute approximate surface area is 178 Å². The second-order valence-corrected chi connectivity index (χ2v) is 10.1. The number of likely N-dealkylation sites (tertiary alicyclic amines) is 1. The SMILES string of the molecule is COC(=O)c1ccccc1S(=O)(=O)N1CCC(C(=O)N2CCCC(N(C)C)C2)CC1. The van der Waals surface area contributed by atoms with E-state index in [0.717, 1.165) is 25.9 Å². The Balaban J connectivity index is 1.67. The molecule has 0 aromatic heterocycles. The monoisotopic (exact) mass is 437 g/mol. The lowest BCUT2D eigenvalue weighted by molar-refractivity contribution is -0.138. The average molecular weight is 438 g/mol. The van der Waals surface area contributed by atoms with Crippen molar-refractivity contribution in [1.82, 2.24) is 14.1 Å². The number of piperidine rings is 2. The van der Waals surface area contributed by atoms with Crippen LogP contribution >= 0.6 is 0 Å². The summed E-state index contributed by atoms with van der Waals surface area (Å²) in [6.07, 6.45) is 3.06. The molecule has 0 saturated carbocycles. The highest BCUT2D eigenvalue weighted by Gasteiger charge is 2.36. The highest BCUT2D eigenvalue weighted by atomic mass is 32.2. The van der Waals surface area contributed by atoms with E-state index in [1.54, 1.807) is 12.1 Å². The van der Waals surface area contributed by atoms with E-state index in [4.69, 9.17) is 4.74 Å². The van der Waals surface area contributed by atoms with E-state index in [1.807, 2.05) is 19.0 Å². The Morgan fingerprint density at radius 1 is 1.07 bits per heavy atom. The molecule has 0 spiro atoms. The first-order valence-corrected chi connectivity index (χ1v) is 11.8. The summed E-state index contributed by atoms with van der Waals surface area (Å²) in [6, 6.07) is 6.45. The van der Waals surface area contributed by atoms with Crippen LogP contribution in [0.4, 0.5) is 0 Å². The summed E-state index contributed by atoms with van der Waals surface area (Å²) in [6.45, 7) is 2.03. The normalized spacial score (nSPS) is 21.6. The maximum absolute atomic E-state index is 13.1. The van der Waals surface area contributed by atoms with Gasteiger partial charge in [-0.15, -0.1) is 0 Å². The van der Waals surface area contributed by atoms with Gasteiger partial charge in [-0.2, -0.15) is 4.31 Å².